The molecule has 21 heavy (non-hydrogen) atoms. The lowest BCUT2D eigenvalue weighted by molar-refractivity contribution is 0.0696. The maximum atomic E-state index is 11.2. The fourth-order valence-electron chi connectivity index (χ4n) is 1.98. The minimum atomic E-state index is -0.978. The summed E-state index contributed by atoms with van der Waals surface area (Å²) in [5.74, 6) is -0.0819. The van der Waals surface area contributed by atoms with Crippen molar-refractivity contribution in [2.75, 3.05) is 11.9 Å². The molecule has 0 aliphatic rings. The second-order valence-corrected chi connectivity index (χ2v) is 6.85. The van der Waals surface area contributed by atoms with Crippen molar-refractivity contribution in [1.29, 1.82) is 0 Å². The van der Waals surface area contributed by atoms with E-state index in [4.69, 9.17) is 0 Å². The van der Waals surface area contributed by atoms with Gasteiger partial charge in [0.05, 0.1) is 11.7 Å². The zero-order chi connectivity index (χ0) is 16.2. The Labute approximate surface area is 126 Å². The number of carbonyl (C=O) groups is 1. The van der Waals surface area contributed by atoms with Gasteiger partial charge in [-0.1, -0.05) is 34.6 Å². The molecule has 5 nitrogen and oxygen atoms in total. The molecule has 0 radical (unpaired) electrons. The van der Waals surface area contributed by atoms with E-state index in [1.54, 1.807) is 6.07 Å². The van der Waals surface area contributed by atoms with Gasteiger partial charge < -0.3 is 15.5 Å². The van der Waals surface area contributed by atoms with E-state index in [9.17, 15) is 15.0 Å². The molecule has 5 heteroatoms. The number of anilines is 1. The molecule has 1 rings (SSSR count). The lowest BCUT2D eigenvalue weighted by Gasteiger charge is -2.20. The number of aromatic nitrogens is 1. The lowest BCUT2D eigenvalue weighted by atomic mass is 9.91. The highest BCUT2D eigenvalue weighted by Crippen LogP contribution is 2.23. The fourth-order valence-corrected chi connectivity index (χ4v) is 1.98. The van der Waals surface area contributed by atoms with Gasteiger partial charge in [-0.2, -0.15) is 0 Å². The topological polar surface area (TPSA) is 82.5 Å². The van der Waals surface area contributed by atoms with Crippen LogP contribution in [0.5, 0.6) is 0 Å². The lowest BCUT2D eigenvalue weighted by Crippen LogP contribution is -2.23. The number of carboxylic acid groups (broad SMARTS) is 1. The molecule has 1 aromatic rings. The van der Waals surface area contributed by atoms with Gasteiger partial charge in [0.15, 0.2) is 0 Å². The number of pyridine rings is 1. The van der Waals surface area contributed by atoms with Crippen molar-refractivity contribution >= 4 is 11.8 Å². The summed E-state index contributed by atoms with van der Waals surface area (Å²) in [4.78, 5) is 15.7. The molecule has 1 unspecified atom stereocenters. The summed E-state index contributed by atoms with van der Waals surface area (Å²) >= 11 is 0. The molecule has 0 aliphatic carbocycles. The van der Waals surface area contributed by atoms with Crippen LogP contribution in [0.4, 0.5) is 5.82 Å². The third-order valence-corrected chi connectivity index (χ3v) is 3.10. The SMILES string of the molecule is CC(C)CC(O)CNc1cc(C(=O)O)cc(C(C)(C)C)n1. The van der Waals surface area contributed by atoms with Crippen molar-refractivity contribution in [3.63, 3.8) is 0 Å². The number of nitrogens with one attached hydrogen (secondary N) is 1. The van der Waals surface area contributed by atoms with Crippen LogP contribution in [0, 0.1) is 5.92 Å². The Morgan fingerprint density at radius 2 is 1.95 bits per heavy atom. The van der Waals surface area contributed by atoms with E-state index in [2.05, 4.69) is 10.3 Å². The molecule has 0 saturated heterocycles. The number of aliphatic hydroxyl groups is 1. The van der Waals surface area contributed by atoms with Crippen LogP contribution in [0.25, 0.3) is 0 Å². The molecule has 0 amide bonds. The maximum Gasteiger partial charge on any atom is 0.335 e. The number of aromatic carboxylic acids is 1. The normalized spacial score (nSPS) is 13.3. The minimum absolute atomic E-state index is 0.204. The summed E-state index contributed by atoms with van der Waals surface area (Å²) in [6.07, 6.45) is 0.218. The molecule has 0 aliphatic heterocycles. The largest absolute Gasteiger partial charge is 0.478 e. The maximum absolute atomic E-state index is 11.2. The van der Waals surface area contributed by atoms with Crippen LogP contribution in [-0.4, -0.2) is 33.8 Å². The summed E-state index contributed by atoms with van der Waals surface area (Å²) in [7, 11) is 0. The van der Waals surface area contributed by atoms with Crippen molar-refractivity contribution in [3.05, 3.63) is 23.4 Å². The second-order valence-electron chi connectivity index (χ2n) is 6.85. The number of aliphatic hydroxyl groups excluding tert-OH is 1. The van der Waals surface area contributed by atoms with Crippen molar-refractivity contribution in [2.45, 2.75) is 52.6 Å². The molecule has 0 bridgehead atoms. The van der Waals surface area contributed by atoms with Crippen LogP contribution >= 0.6 is 0 Å². The van der Waals surface area contributed by atoms with Crippen molar-refractivity contribution in [2.24, 2.45) is 5.92 Å². The van der Waals surface area contributed by atoms with E-state index in [-0.39, 0.29) is 11.0 Å². The predicted octanol–water partition coefficient (Wildman–Crippen LogP) is 2.90. The number of nitrogens with zero attached hydrogens (tertiary/aromatic N) is 1. The highest BCUT2D eigenvalue weighted by atomic mass is 16.4. The first kappa shape index (κ1) is 17.4. The van der Waals surface area contributed by atoms with Crippen molar-refractivity contribution in [1.82, 2.24) is 4.98 Å². The van der Waals surface area contributed by atoms with E-state index in [0.717, 1.165) is 0 Å². The Balaban J connectivity index is 2.91. The average molecular weight is 294 g/mol. The molecule has 1 heterocycles. The molecule has 1 aromatic heterocycles. The van der Waals surface area contributed by atoms with E-state index < -0.39 is 12.1 Å². The van der Waals surface area contributed by atoms with Crippen LogP contribution in [0.2, 0.25) is 0 Å². The quantitative estimate of drug-likeness (QED) is 0.751. The van der Waals surface area contributed by atoms with Crippen LogP contribution < -0.4 is 5.32 Å². The third-order valence-electron chi connectivity index (χ3n) is 3.10. The van der Waals surface area contributed by atoms with Gasteiger partial charge in [0.25, 0.3) is 0 Å². The predicted molar refractivity (Wildman–Crippen MR) is 83.8 cm³/mol. The molecule has 0 fully saturated rings. The number of hydrogen-bond acceptors (Lipinski definition) is 4. The van der Waals surface area contributed by atoms with Gasteiger partial charge in [-0.3, -0.25) is 0 Å². The van der Waals surface area contributed by atoms with Gasteiger partial charge >= 0.3 is 5.97 Å². The smallest absolute Gasteiger partial charge is 0.335 e. The Hall–Kier alpha value is -1.62. The standard InChI is InChI=1S/C16H26N2O3/c1-10(2)6-12(19)9-17-14-8-11(15(20)21)7-13(18-14)16(3,4)5/h7-8,10,12,19H,6,9H2,1-5H3,(H,17,18)(H,20,21). The molecule has 0 saturated carbocycles. The zero-order valence-corrected chi connectivity index (χ0v) is 13.5. The summed E-state index contributed by atoms with van der Waals surface area (Å²) in [6.45, 7) is 10.4. The molecule has 0 aromatic carbocycles. The number of hydrogen-bond donors (Lipinski definition) is 3. The monoisotopic (exact) mass is 294 g/mol. The van der Waals surface area contributed by atoms with Gasteiger partial charge in [-0.05, 0) is 24.5 Å². The number of rotatable bonds is 6. The van der Waals surface area contributed by atoms with Gasteiger partial charge in [0.1, 0.15) is 5.82 Å². The van der Waals surface area contributed by atoms with Crippen molar-refractivity contribution in [3.8, 4) is 0 Å². The Bertz CT molecular complexity index is 493. The molecule has 3 N–H and O–H groups in total. The van der Waals surface area contributed by atoms with Crippen LogP contribution in [0.1, 0.15) is 57.1 Å². The minimum Gasteiger partial charge on any atom is -0.478 e. The van der Waals surface area contributed by atoms with E-state index in [0.29, 0.717) is 30.4 Å². The highest BCUT2D eigenvalue weighted by molar-refractivity contribution is 5.88. The van der Waals surface area contributed by atoms with E-state index in [1.165, 1.54) is 6.07 Å². The van der Waals surface area contributed by atoms with Crippen LogP contribution in [0.3, 0.4) is 0 Å². The summed E-state index contributed by atoms with van der Waals surface area (Å²) in [5, 5.41) is 22.1. The summed E-state index contributed by atoms with van der Waals surface area (Å²) in [5.41, 5.74) is 0.678. The second kappa shape index (κ2) is 6.89. The fraction of sp³-hybridized carbons (Fsp3) is 0.625. The Morgan fingerprint density at radius 1 is 1.33 bits per heavy atom. The van der Waals surface area contributed by atoms with Gasteiger partial charge in [0.2, 0.25) is 0 Å². The highest BCUT2D eigenvalue weighted by Gasteiger charge is 2.19. The Kier molecular flexibility index (Phi) is 5.72. The molecular weight excluding hydrogens is 268 g/mol. The first-order valence-electron chi connectivity index (χ1n) is 7.27. The van der Waals surface area contributed by atoms with Crippen LogP contribution in [-0.2, 0) is 5.41 Å². The van der Waals surface area contributed by atoms with E-state index >= 15 is 0 Å². The molecule has 1 atom stereocenters. The zero-order valence-electron chi connectivity index (χ0n) is 13.5. The average Bonchev–Trinajstić information content (AvgIpc) is 2.34. The Morgan fingerprint density at radius 3 is 2.43 bits per heavy atom. The van der Waals surface area contributed by atoms with E-state index in [1.807, 2.05) is 34.6 Å². The third kappa shape index (κ3) is 5.71. The molecule has 118 valence electrons. The first-order valence-corrected chi connectivity index (χ1v) is 7.27. The summed E-state index contributed by atoms with van der Waals surface area (Å²) in [6, 6.07) is 3.09. The van der Waals surface area contributed by atoms with Gasteiger partial charge in [0, 0.05) is 17.7 Å². The number of carboxylic acids is 1. The summed E-state index contributed by atoms with van der Waals surface area (Å²) < 4.78 is 0. The van der Waals surface area contributed by atoms with Gasteiger partial charge in [-0.15, -0.1) is 0 Å². The molecule has 0 spiro atoms. The molecular formula is C16H26N2O3. The van der Waals surface area contributed by atoms with Crippen LogP contribution in [0.15, 0.2) is 12.1 Å². The first-order chi connectivity index (χ1) is 9.59. The van der Waals surface area contributed by atoms with Gasteiger partial charge in [-0.25, -0.2) is 9.78 Å². The van der Waals surface area contributed by atoms with Crippen molar-refractivity contribution < 1.29 is 15.0 Å².